The highest BCUT2D eigenvalue weighted by Crippen LogP contribution is 2.35. The summed E-state index contributed by atoms with van der Waals surface area (Å²) in [5.74, 6) is 2.53. The molecule has 2 heterocycles. The number of hydrogen-bond donors (Lipinski definition) is 1. The molecule has 2 unspecified atom stereocenters. The molecule has 2 aliphatic heterocycles. The lowest BCUT2D eigenvalue weighted by Crippen LogP contribution is -2.53. The second-order valence-corrected chi connectivity index (χ2v) is 8.28. The number of nitrogens with zero attached hydrogens (tertiary/aromatic N) is 2. The van der Waals surface area contributed by atoms with Gasteiger partial charge >= 0.3 is 0 Å². The van der Waals surface area contributed by atoms with Gasteiger partial charge in [-0.1, -0.05) is 12.1 Å². The summed E-state index contributed by atoms with van der Waals surface area (Å²) in [6, 6.07) is 6.08. The van der Waals surface area contributed by atoms with Crippen LogP contribution < -0.4 is 14.8 Å². The molecule has 1 saturated carbocycles. The van der Waals surface area contributed by atoms with E-state index in [0.717, 1.165) is 68.4 Å². The third-order valence-electron chi connectivity index (χ3n) is 6.29. The average Bonchev–Trinajstić information content (AvgIpc) is 3.50. The first-order chi connectivity index (χ1) is 14.8. The molecule has 1 aliphatic carbocycles. The number of hydrogen-bond acceptors (Lipinski definition) is 5. The normalized spacial score (nSPS) is 25.5. The van der Waals surface area contributed by atoms with Crippen molar-refractivity contribution in [1.29, 1.82) is 0 Å². The molecule has 0 radical (unpaired) electrons. The number of methoxy groups -OCH3 is 1. The molecule has 30 heavy (non-hydrogen) atoms. The third-order valence-corrected chi connectivity index (χ3v) is 6.29. The molecule has 2 atom stereocenters. The Balaban J connectivity index is 1.41. The van der Waals surface area contributed by atoms with Crippen LogP contribution in [0, 0.1) is 0 Å². The standard InChI is InChI=1S/C23H35N3O4/c1-24-23(26-12-14-29-21(16-26)19-11-6-13-28-19)25-15-17-7-5-10-20(27-2)22(17)30-18-8-3-4-9-18/h5,7,10,18-19,21H,3-4,6,8-9,11-16H2,1-2H3,(H,24,25). The van der Waals surface area contributed by atoms with Crippen molar-refractivity contribution >= 4 is 5.96 Å². The van der Waals surface area contributed by atoms with E-state index in [1.54, 1.807) is 7.11 Å². The average molecular weight is 418 g/mol. The van der Waals surface area contributed by atoms with Crippen LogP contribution in [0.15, 0.2) is 23.2 Å². The van der Waals surface area contributed by atoms with E-state index in [1.165, 1.54) is 12.8 Å². The molecule has 0 bridgehead atoms. The molecule has 4 rings (SSSR count). The Morgan fingerprint density at radius 3 is 2.70 bits per heavy atom. The van der Waals surface area contributed by atoms with E-state index in [-0.39, 0.29) is 18.3 Å². The Morgan fingerprint density at radius 2 is 1.97 bits per heavy atom. The molecule has 7 nitrogen and oxygen atoms in total. The minimum atomic E-state index is 0.109. The Bertz CT molecular complexity index is 714. The smallest absolute Gasteiger partial charge is 0.194 e. The van der Waals surface area contributed by atoms with Crippen molar-refractivity contribution in [1.82, 2.24) is 10.2 Å². The van der Waals surface area contributed by atoms with Crippen molar-refractivity contribution in [2.24, 2.45) is 4.99 Å². The second-order valence-electron chi connectivity index (χ2n) is 8.28. The van der Waals surface area contributed by atoms with Gasteiger partial charge in [-0.05, 0) is 44.6 Å². The molecule has 0 aromatic heterocycles. The maximum Gasteiger partial charge on any atom is 0.194 e. The molecule has 7 heteroatoms. The lowest BCUT2D eigenvalue weighted by atomic mass is 10.1. The van der Waals surface area contributed by atoms with Crippen LogP contribution in [0.2, 0.25) is 0 Å². The van der Waals surface area contributed by atoms with Crippen molar-refractivity contribution in [3.05, 3.63) is 23.8 Å². The Morgan fingerprint density at radius 1 is 1.13 bits per heavy atom. The summed E-state index contributed by atoms with van der Waals surface area (Å²) in [4.78, 5) is 6.80. The molecule has 2 saturated heterocycles. The summed E-state index contributed by atoms with van der Waals surface area (Å²) < 4.78 is 23.8. The van der Waals surface area contributed by atoms with Gasteiger partial charge in [-0.3, -0.25) is 4.99 Å². The summed E-state index contributed by atoms with van der Waals surface area (Å²) in [5, 5.41) is 3.53. The zero-order valence-corrected chi connectivity index (χ0v) is 18.3. The molecule has 3 fully saturated rings. The Labute approximate surface area is 179 Å². The number of aliphatic imine (C=N–C) groups is 1. The summed E-state index contributed by atoms with van der Waals surface area (Å²) in [7, 11) is 3.53. The minimum absolute atomic E-state index is 0.109. The number of guanidine groups is 1. The van der Waals surface area contributed by atoms with Gasteiger partial charge in [0.15, 0.2) is 17.5 Å². The van der Waals surface area contributed by atoms with Crippen LogP contribution in [-0.4, -0.2) is 69.6 Å². The number of rotatable bonds is 6. The van der Waals surface area contributed by atoms with Gasteiger partial charge in [0.25, 0.3) is 0 Å². The number of ether oxygens (including phenoxy) is 4. The highest BCUT2D eigenvalue weighted by Gasteiger charge is 2.32. The second kappa shape index (κ2) is 10.4. The molecular formula is C23H35N3O4. The fourth-order valence-electron chi connectivity index (χ4n) is 4.66. The third kappa shape index (κ3) is 5.01. The van der Waals surface area contributed by atoms with Gasteiger partial charge in [-0.15, -0.1) is 0 Å². The van der Waals surface area contributed by atoms with Gasteiger partial charge in [-0.25, -0.2) is 0 Å². The lowest BCUT2D eigenvalue weighted by Gasteiger charge is -2.37. The maximum absolute atomic E-state index is 6.37. The molecule has 0 amide bonds. The van der Waals surface area contributed by atoms with E-state index < -0.39 is 0 Å². The summed E-state index contributed by atoms with van der Waals surface area (Å²) in [6.45, 7) is 3.80. The SMILES string of the molecule is CN=C(NCc1cccc(OC)c1OC1CCCC1)N1CCOC(C2CCCO2)C1. The van der Waals surface area contributed by atoms with Crippen molar-refractivity contribution in [3.8, 4) is 11.5 Å². The quantitative estimate of drug-likeness (QED) is 0.567. The van der Waals surface area contributed by atoms with Crippen LogP contribution in [0.3, 0.4) is 0 Å². The van der Waals surface area contributed by atoms with E-state index in [1.807, 2.05) is 19.2 Å². The van der Waals surface area contributed by atoms with Crippen molar-refractivity contribution in [2.45, 2.75) is 63.4 Å². The van der Waals surface area contributed by atoms with Crippen molar-refractivity contribution in [3.63, 3.8) is 0 Å². The predicted molar refractivity (Wildman–Crippen MR) is 116 cm³/mol. The lowest BCUT2D eigenvalue weighted by molar-refractivity contribution is -0.0817. The molecule has 166 valence electrons. The van der Waals surface area contributed by atoms with Gasteiger partial charge in [0.2, 0.25) is 0 Å². The summed E-state index contributed by atoms with van der Waals surface area (Å²) >= 11 is 0. The van der Waals surface area contributed by atoms with Crippen LogP contribution in [0.5, 0.6) is 11.5 Å². The van der Waals surface area contributed by atoms with Gasteiger partial charge in [-0.2, -0.15) is 0 Å². The number of benzene rings is 1. The first kappa shape index (κ1) is 21.2. The van der Waals surface area contributed by atoms with Gasteiger partial charge in [0, 0.05) is 38.9 Å². The zero-order valence-electron chi connectivity index (χ0n) is 18.3. The fourth-order valence-corrected chi connectivity index (χ4v) is 4.66. The first-order valence-electron chi connectivity index (χ1n) is 11.3. The number of para-hydroxylation sites is 1. The van der Waals surface area contributed by atoms with Crippen LogP contribution in [0.4, 0.5) is 0 Å². The molecule has 1 aromatic rings. The summed E-state index contributed by atoms with van der Waals surface area (Å²) in [6.07, 6.45) is 7.51. The van der Waals surface area contributed by atoms with Crippen molar-refractivity contribution < 1.29 is 18.9 Å². The Hall–Kier alpha value is -1.99. The molecular weight excluding hydrogens is 382 g/mol. The van der Waals surface area contributed by atoms with Gasteiger partial charge in [0.05, 0.1) is 25.9 Å². The van der Waals surface area contributed by atoms with E-state index in [0.29, 0.717) is 13.2 Å². The number of morpholine rings is 1. The monoisotopic (exact) mass is 417 g/mol. The highest BCUT2D eigenvalue weighted by atomic mass is 16.5. The molecule has 1 N–H and O–H groups in total. The van der Waals surface area contributed by atoms with Crippen LogP contribution >= 0.6 is 0 Å². The van der Waals surface area contributed by atoms with Crippen LogP contribution in [0.25, 0.3) is 0 Å². The molecule has 3 aliphatic rings. The van der Waals surface area contributed by atoms with E-state index in [4.69, 9.17) is 18.9 Å². The van der Waals surface area contributed by atoms with E-state index in [2.05, 4.69) is 21.3 Å². The van der Waals surface area contributed by atoms with E-state index >= 15 is 0 Å². The van der Waals surface area contributed by atoms with Crippen molar-refractivity contribution in [2.75, 3.05) is 40.5 Å². The van der Waals surface area contributed by atoms with Crippen LogP contribution in [-0.2, 0) is 16.0 Å². The first-order valence-corrected chi connectivity index (χ1v) is 11.3. The Kier molecular flexibility index (Phi) is 7.33. The largest absolute Gasteiger partial charge is 0.493 e. The summed E-state index contributed by atoms with van der Waals surface area (Å²) in [5.41, 5.74) is 1.09. The van der Waals surface area contributed by atoms with Crippen LogP contribution in [0.1, 0.15) is 44.1 Å². The molecule has 0 spiro atoms. The molecule has 1 aromatic carbocycles. The minimum Gasteiger partial charge on any atom is -0.493 e. The number of nitrogens with one attached hydrogen (secondary N) is 1. The van der Waals surface area contributed by atoms with Gasteiger partial charge < -0.3 is 29.2 Å². The topological polar surface area (TPSA) is 64.6 Å². The highest BCUT2D eigenvalue weighted by molar-refractivity contribution is 5.80. The fraction of sp³-hybridized carbons (Fsp3) is 0.696. The van der Waals surface area contributed by atoms with E-state index in [9.17, 15) is 0 Å². The maximum atomic E-state index is 6.37. The zero-order chi connectivity index (χ0) is 20.8. The predicted octanol–water partition coefficient (Wildman–Crippen LogP) is 2.97. The van der Waals surface area contributed by atoms with Gasteiger partial charge in [0.1, 0.15) is 6.10 Å².